The van der Waals surface area contributed by atoms with Crippen molar-refractivity contribution in [2.75, 3.05) is 13.2 Å². The summed E-state index contributed by atoms with van der Waals surface area (Å²) in [5, 5.41) is 0. The lowest BCUT2D eigenvalue weighted by atomic mass is 9.99. The molecule has 0 saturated heterocycles. The van der Waals surface area contributed by atoms with Gasteiger partial charge in [-0.05, 0) is 44.4 Å². The molecule has 0 amide bonds. The van der Waals surface area contributed by atoms with Crippen LogP contribution in [0.25, 0.3) is 0 Å². The fourth-order valence-electron chi connectivity index (χ4n) is 5.27. The van der Waals surface area contributed by atoms with Crippen molar-refractivity contribution < 1.29 is 19.1 Å². The van der Waals surface area contributed by atoms with Gasteiger partial charge in [0.1, 0.15) is 11.5 Å². The minimum Gasteiger partial charge on any atom is -0.493 e. The number of ether oxygens (including phenoxy) is 2. The second-order valence-electron chi connectivity index (χ2n) is 11.8. The molecular formula is C36H62O4. The molecule has 1 atom stereocenters. The van der Waals surface area contributed by atoms with Crippen LogP contribution in [-0.2, 0) is 9.53 Å². The molecule has 0 radical (unpaired) electrons. The Hall–Kier alpha value is -1.68. The van der Waals surface area contributed by atoms with Gasteiger partial charge in [-0.1, -0.05) is 135 Å². The van der Waals surface area contributed by atoms with Crippen molar-refractivity contribution in [3.05, 3.63) is 29.3 Å². The maximum atomic E-state index is 12.4. The van der Waals surface area contributed by atoms with Gasteiger partial charge in [0.2, 0.25) is 0 Å². The van der Waals surface area contributed by atoms with E-state index < -0.39 is 0 Å². The molecule has 4 heteroatoms. The van der Waals surface area contributed by atoms with Gasteiger partial charge in [-0.2, -0.15) is 0 Å². The second kappa shape index (κ2) is 25.1. The number of Topliss-reactive ketones (excluding diaryl/α,β-unsaturated/α-hetero) is 2. The summed E-state index contributed by atoms with van der Waals surface area (Å²) in [6.07, 6.45) is 25.7. The van der Waals surface area contributed by atoms with Gasteiger partial charge in [0.15, 0.2) is 5.78 Å². The highest BCUT2D eigenvalue weighted by atomic mass is 16.5. The standard InChI is InChI=1S/C36H62O4/c1-5-7-9-11-13-15-17-19-21-23-27-39-35-26-25-33(30-34(35)32(4)38)36(29-31(3)37)40-28-24-22-20-18-16-14-12-10-8-6-2/h25-26,30,36H,5-24,27-29H2,1-4H3. The predicted octanol–water partition coefficient (Wildman–Crippen LogP) is 11.1. The molecule has 40 heavy (non-hydrogen) atoms. The Labute approximate surface area is 247 Å². The molecule has 1 aromatic rings. The summed E-state index contributed by atoms with van der Waals surface area (Å²) in [6, 6.07) is 5.73. The zero-order chi connectivity index (χ0) is 29.3. The van der Waals surface area contributed by atoms with Crippen molar-refractivity contribution in [2.45, 2.75) is 169 Å². The van der Waals surface area contributed by atoms with Gasteiger partial charge in [0, 0.05) is 13.0 Å². The van der Waals surface area contributed by atoms with Gasteiger partial charge in [-0.3, -0.25) is 9.59 Å². The Kier molecular flexibility index (Phi) is 22.8. The molecule has 0 heterocycles. The average molecular weight is 559 g/mol. The van der Waals surface area contributed by atoms with Crippen molar-refractivity contribution in [3.63, 3.8) is 0 Å². The quantitative estimate of drug-likeness (QED) is 0.0758. The minimum atomic E-state index is -0.315. The first-order valence-electron chi connectivity index (χ1n) is 16.9. The molecule has 0 saturated carbocycles. The first-order chi connectivity index (χ1) is 19.5. The highest BCUT2D eigenvalue weighted by molar-refractivity contribution is 5.97. The third kappa shape index (κ3) is 18.6. The number of carbonyl (C=O) groups excluding carboxylic acids is 2. The summed E-state index contributed by atoms with van der Waals surface area (Å²) in [7, 11) is 0. The second-order valence-corrected chi connectivity index (χ2v) is 11.8. The molecule has 0 aliphatic heterocycles. The fraction of sp³-hybridized carbons (Fsp3) is 0.778. The average Bonchev–Trinajstić information content (AvgIpc) is 2.93. The first kappa shape index (κ1) is 36.3. The van der Waals surface area contributed by atoms with Crippen LogP contribution in [0.3, 0.4) is 0 Å². The lowest BCUT2D eigenvalue weighted by Gasteiger charge is -2.19. The van der Waals surface area contributed by atoms with E-state index in [1.807, 2.05) is 18.2 Å². The van der Waals surface area contributed by atoms with Crippen LogP contribution in [0.15, 0.2) is 18.2 Å². The van der Waals surface area contributed by atoms with Gasteiger partial charge in [0.05, 0.1) is 18.3 Å². The minimum absolute atomic E-state index is 0.0174. The molecule has 0 spiro atoms. The van der Waals surface area contributed by atoms with Crippen LogP contribution < -0.4 is 4.74 Å². The predicted molar refractivity (Wildman–Crippen MR) is 170 cm³/mol. The number of hydrogen-bond donors (Lipinski definition) is 0. The Morgan fingerprint density at radius 2 is 1.07 bits per heavy atom. The monoisotopic (exact) mass is 558 g/mol. The fourth-order valence-corrected chi connectivity index (χ4v) is 5.27. The summed E-state index contributed by atoms with van der Waals surface area (Å²) in [5.74, 6) is 0.721. The van der Waals surface area contributed by atoms with E-state index in [2.05, 4.69) is 13.8 Å². The van der Waals surface area contributed by atoms with E-state index in [1.165, 1.54) is 103 Å². The summed E-state index contributed by atoms with van der Waals surface area (Å²) in [6.45, 7) is 8.97. The molecular weight excluding hydrogens is 496 g/mol. The molecule has 230 valence electrons. The number of ketones is 2. The van der Waals surface area contributed by atoms with Gasteiger partial charge < -0.3 is 9.47 Å². The van der Waals surface area contributed by atoms with E-state index in [0.717, 1.165) is 31.2 Å². The van der Waals surface area contributed by atoms with Crippen LogP contribution in [0, 0.1) is 0 Å². The van der Waals surface area contributed by atoms with E-state index in [9.17, 15) is 9.59 Å². The highest BCUT2D eigenvalue weighted by Crippen LogP contribution is 2.29. The lowest BCUT2D eigenvalue weighted by molar-refractivity contribution is -0.120. The normalized spacial score (nSPS) is 12.0. The summed E-state index contributed by atoms with van der Waals surface area (Å²) in [4.78, 5) is 24.4. The van der Waals surface area contributed by atoms with E-state index >= 15 is 0 Å². The van der Waals surface area contributed by atoms with E-state index in [1.54, 1.807) is 13.8 Å². The van der Waals surface area contributed by atoms with Crippen molar-refractivity contribution in [1.29, 1.82) is 0 Å². The van der Waals surface area contributed by atoms with Crippen molar-refractivity contribution in [1.82, 2.24) is 0 Å². The van der Waals surface area contributed by atoms with Gasteiger partial charge >= 0.3 is 0 Å². The first-order valence-corrected chi connectivity index (χ1v) is 16.9. The molecule has 1 unspecified atom stereocenters. The molecule has 0 aromatic heterocycles. The molecule has 0 aliphatic rings. The van der Waals surface area contributed by atoms with E-state index in [-0.39, 0.29) is 17.7 Å². The summed E-state index contributed by atoms with van der Waals surface area (Å²) >= 11 is 0. The third-order valence-corrected chi connectivity index (χ3v) is 7.80. The largest absolute Gasteiger partial charge is 0.493 e. The molecule has 0 aliphatic carbocycles. The molecule has 0 fully saturated rings. The number of hydrogen-bond acceptors (Lipinski definition) is 4. The highest BCUT2D eigenvalue weighted by Gasteiger charge is 2.18. The molecule has 1 aromatic carbocycles. The smallest absolute Gasteiger partial charge is 0.163 e. The summed E-state index contributed by atoms with van der Waals surface area (Å²) < 4.78 is 12.2. The van der Waals surface area contributed by atoms with Crippen LogP contribution in [0.1, 0.15) is 185 Å². The Morgan fingerprint density at radius 1 is 0.625 bits per heavy atom. The number of benzene rings is 1. The van der Waals surface area contributed by atoms with Crippen molar-refractivity contribution in [3.8, 4) is 5.75 Å². The third-order valence-electron chi connectivity index (χ3n) is 7.80. The van der Waals surface area contributed by atoms with Gasteiger partial charge in [0.25, 0.3) is 0 Å². The SMILES string of the molecule is CCCCCCCCCCCCOc1ccc(C(CC(C)=O)OCCCCCCCCCCCC)cc1C(C)=O. The topological polar surface area (TPSA) is 52.6 Å². The van der Waals surface area contributed by atoms with Gasteiger partial charge in [-0.15, -0.1) is 0 Å². The maximum Gasteiger partial charge on any atom is 0.163 e. The zero-order valence-electron chi connectivity index (χ0n) is 26.7. The lowest BCUT2D eigenvalue weighted by Crippen LogP contribution is -2.11. The molecule has 1 rings (SSSR count). The number of unbranched alkanes of at least 4 members (excludes halogenated alkanes) is 18. The van der Waals surface area contributed by atoms with E-state index in [0.29, 0.717) is 30.9 Å². The van der Waals surface area contributed by atoms with Gasteiger partial charge in [-0.25, -0.2) is 0 Å². The zero-order valence-corrected chi connectivity index (χ0v) is 26.7. The van der Waals surface area contributed by atoms with Crippen molar-refractivity contribution in [2.24, 2.45) is 0 Å². The molecule has 0 bridgehead atoms. The van der Waals surface area contributed by atoms with Crippen LogP contribution in [0.5, 0.6) is 5.75 Å². The number of carbonyl (C=O) groups is 2. The Morgan fingerprint density at radius 3 is 1.52 bits per heavy atom. The Bertz CT molecular complexity index is 772. The van der Waals surface area contributed by atoms with Crippen LogP contribution in [-0.4, -0.2) is 24.8 Å². The maximum absolute atomic E-state index is 12.4. The van der Waals surface area contributed by atoms with Crippen LogP contribution in [0.2, 0.25) is 0 Å². The Balaban J connectivity index is 2.42. The number of rotatable bonds is 28. The molecule has 0 N–H and O–H groups in total. The van der Waals surface area contributed by atoms with E-state index in [4.69, 9.17) is 9.47 Å². The molecule has 4 nitrogen and oxygen atoms in total. The summed E-state index contributed by atoms with van der Waals surface area (Å²) in [5.41, 5.74) is 1.47. The van der Waals surface area contributed by atoms with Crippen LogP contribution in [0.4, 0.5) is 0 Å². The van der Waals surface area contributed by atoms with Crippen LogP contribution >= 0.6 is 0 Å². The van der Waals surface area contributed by atoms with Crippen molar-refractivity contribution >= 4 is 11.6 Å².